The number of ether oxygens (including phenoxy) is 1. The number of amides is 1. The summed E-state index contributed by atoms with van der Waals surface area (Å²) in [6, 6.07) is 9.85. The van der Waals surface area contributed by atoms with E-state index in [1.807, 2.05) is 0 Å². The van der Waals surface area contributed by atoms with Gasteiger partial charge in [-0.05, 0) is 37.3 Å². The molecule has 2 heterocycles. The summed E-state index contributed by atoms with van der Waals surface area (Å²) in [7, 11) is -2.37. The largest absolute Gasteiger partial charge is 0.495 e. The number of aromatic nitrogens is 1. The maximum atomic E-state index is 12.8. The van der Waals surface area contributed by atoms with Gasteiger partial charge >= 0.3 is 0 Å². The Labute approximate surface area is 162 Å². The van der Waals surface area contributed by atoms with Crippen LogP contribution in [0.1, 0.15) is 17.9 Å². The molecular weight excluding hydrogens is 384 g/mol. The van der Waals surface area contributed by atoms with Gasteiger partial charge in [-0.15, -0.1) is 0 Å². The third-order valence-corrected chi connectivity index (χ3v) is 5.78. The van der Waals surface area contributed by atoms with Crippen LogP contribution < -0.4 is 10.1 Å². The van der Waals surface area contributed by atoms with Crippen molar-refractivity contribution in [3.63, 3.8) is 0 Å². The number of rotatable bonds is 8. The first kappa shape index (κ1) is 19.7. The highest BCUT2D eigenvalue weighted by Gasteiger charge is 2.22. The minimum absolute atomic E-state index is 0.000359. The zero-order chi connectivity index (χ0) is 20.1. The number of nitrogens with zero attached hydrogens (tertiary/aromatic N) is 1. The van der Waals surface area contributed by atoms with Crippen molar-refractivity contribution >= 4 is 15.7 Å². The molecule has 0 aliphatic heterocycles. The lowest BCUT2D eigenvalue weighted by Gasteiger charge is -2.11. The molecule has 0 bridgehead atoms. The number of benzene rings is 1. The SMILES string of the molecule is COc1ccc(-c2cc(C)no2)cc1S(=O)(=O)CCC(=O)NCc1ccco1. The lowest BCUT2D eigenvalue weighted by Crippen LogP contribution is -2.25. The van der Waals surface area contributed by atoms with Gasteiger partial charge in [-0.25, -0.2) is 8.42 Å². The Hall–Kier alpha value is -3.07. The fourth-order valence-corrected chi connectivity index (χ4v) is 4.04. The van der Waals surface area contributed by atoms with Gasteiger partial charge in [0.25, 0.3) is 0 Å². The summed E-state index contributed by atoms with van der Waals surface area (Å²) in [4.78, 5) is 12.0. The van der Waals surface area contributed by atoms with Crippen LogP contribution in [0.3, 0.4) is 0 Å². The maximum Gasteiger partial charge on any atom is 0.221 e. The normalized spacial score (nSPS) is 11.4. The van der Waals surface area contributed by atoms with Gasteiger partial charge < -0.3 is 19.0 Å². The number of carbonyl (C=O) groups excluding carboxylic acids is 1. The topological polar surface area (TPSA) is 112 Å². The molecule has 148 valence electrons. The Morgan fingerprint density at radius 3 is 2.71 bits per heavy atom. The quantitative estimate of drug-likeness (QED) is 0.614. The van der Waals surface area contributed by atoms with Gasteiger partial charge in [0, 0.05) is 18.1 Å². The predicted octanol–water partition coefficient (Wildman–Crippen LogP) is 2.73. The Kier molecular flexibility index (Phi) is 5.84. The van der Waals surface area contributed by atoms with E-state index in [1.165, 1.54) is 19.4 Å². The standard InChI is InChI=1S/C19H20N2O6S/c1-13-10-17(27-21-13)14-5-6-16(25-2)18(11-14)28(23,24)9-7-19(22)20-12-15-4-3-8-26-15/h3-6,8,10-11H,7,9,12H2,1-2H3,(H,20,22). The number of carbonyl (C=O) groups is 1. The molecule has 0 saturated heterocycles. The van der Waals surface area contributed by atoms with Crippen molar-refractivity contribution in [3.8, 4) is 17.1 Å². The van der Waals surface area contributed by atoms with Crippen LogP contribution in [0.25, 0.3) is 11.3 Å². The van der Waals surface area contributed by atoms with Crippen molar-refractivity contribution < 1.29 is 26.9 Å². The van der Waals surface area contributed by atoms with Crippen LogP contribution in [0.2, 0.25) is 0 Å². The van der Waals surface area contributed by atoms with E-state index in [2.05, 4.69) is 10.5 Å². The first-order valence-electron chi connectivity index (χ1n) is 8.52. The van der Waals surface area contributed by atoms with Gasteiger partial charge in [0.05, 0.1) is 31.4 Å². The van der Waals surface area contributed by atoms with Crippen LogP contribution in [0.15, 0.2) is 56.5 Å². The Balaban J connectivity index is 1.73. The molecule has 1 amide bonds. The van der Waals surface area contributed by atoms with Crippen molar-refractivity contribution in [1.82, 2.24) is 10.5 Å². The summed E-state index contributed by atoms with van der Waals surface area (Å²) in [5.41, 5.74) is 1.24. The first-order chi connectivity index (χ1) is 13.4. The fourth-order valence-electron chi connectivity index (χ4n) is 2.60. The number of aryl methyl sites for hydroxylation is 1. The molecule has 1 aromatic carbocycles. The average molecular weight is 404 g/mol. The second kappa shape index (κ2) is 8.30. The molecule has 9 heteroatoms. The third kappa shape index (κ3) is 4.61. The highest BCUT2D eigenvalue weighted by molar-refractivity contribution is 7.91. The Morgan fingerprint density at radius 2 is 2.07 bits per heavy atom. The van der Waals surface area contributed by atoms with E-state index in [0.29, 0.717) is 22.8 Å². The molecule has 28 heavy (non-hydrogen) atoms. The van der Waals surface area contributed by atoms with Crippen molar-refractivity contribution in [2.45, 2.75) is 24.8 Å². The lowest BCUT2D eigenvalue weighted by atomic mass is 10.1. The van der Waals surface area contributed by atoms with E-state index in [9.17, 15) is 13.2 Å². The minimum Gasteiger partial charge on any atom is -0.495 e. The molecular formula is C19H20N2O6S. The van der Waals surface area contributed by atoms with Gasteiger partial charge in [0.1, 0.15) is 16.4 Å². The minimum atomic E-state index is -3.77. The Bertz CT molecular complexity index is 1050. The Morgan fingerprint density at radius 1 is 1.25 bits per heavy atom. The zero-order valence-corrected chi connectivity index (χ0v) is 16.3. The summed E-state index contributed by atoms with van der Waals surface area (Å²) in [6.07, 6.45) is 1.32. The van der Waals surface area contributed by atoms with E-state index >= 15 is 0 Å². The van der Waals surface area contributed by atoms with Gasteiger partial charge in [-0.2, -0.15) is 0 Å². The molecule has 3 aromatic rings. The van der Waals surface area contributed by atoms with Gasteiger partial charge in [0.2, 0.25) is 5.91 Å². The highest BCUT2D eigenvalue weighted by atomic mass is 32.2. The number of hydrogen-bond donors (Lipinski definition) is 1. The smallest absolute Gasteiger partial charge is 0.221 e. The van der Waals surface area contributed by atoms with Crippen LogP contribution in [0.5, 0.6) is 5.75 Å². The summed E-state index contributed by atoms with van der Waals surface area (Å²) < 4.78 is 41.1. The number of sulfone groups is 1. The van der Waals surface area contributed by atoms with Crippen LogP contribution in [-0.2, 0) is 21.2 Å². The molecule has 0 radical (unpaired) electrons. The maximum absolute atomic E-state index is 12.8. The second-order valence-corrected chi connectivity index (χ2v) is 8.20. The van der Waals surface area contributed by atoms with Crippen molar-refractivity contribution in [3.05, 3.63) is 54.1 Å². The molecule has 3 rings (SSSR count). The zero-order valence-electron chi connectivity index (χ0n) is 15.5. The first-order valence-corrected chi connectivity index (χ1v) is 10.2. The van der Waals surface area contributed by atoms with Crippen molar-refractivity contribution in [2.75, 3.05) is 12.9 Å². The molecule has 0 saturated carbocycles. The van der Waals surface area contributed by atoms with Crippen LogP contribution in [-0.4, -0.2) is 32.3 Å². The van der Waals surface area contributed by atoms with E-state index < -0.39 is 9.84 Å². The number of methoxy groups -OCH3 is 1. The highest BCUT2D eigenvalue weighted by Crippen LogP contribution is 2.31. The molecule has 0 unspecified atom stereocenters. The van der Waals surface area contributed by atoms with E-state index in [-0.39, 0.29) is 35.3 Å². The van der Waals surface area contributed by atoms with Crippen molar-refractivity contribution in [2.24, 2.45) is 0 Å². The summed E-state index contributed by atoms with van der Waals surface area (Å²) in [5, 5.41) is 6.44. The van der Waals surface area contributed by atoms with Gasteiger partial charge in [-0.3, -0.25) is 4.79 Å². The van der Waals surface area contributed by atoms with Gasteiger partial charge in [-0.1, -0.05) is 5.16 Å². The number of furan rings is 1. The van der Waals surface area contributed by atoms with Crippen LogP contribution in [0.4, 0.5) is 0 Å². The van der Waals surface area contributed by atoms with Crippen LogP contribution in [0, 0.1) is 6.92 Å². The summed E-state index contributed by atoms with van der Waals surface area (Å²) in [6.45, 7) is 1.98. The fraction of sp³-hybridized carbons (Fsp3) is 0.263. The molecule has 0 fully saturated rings. The molecule has 8 nitrogen and oxygen atoms in total. The van der Waals surface area contributed by atoms with E-state index in [0.717, 1.165) is 0 Å². The van der Waals surface area contributed by atoms with E-state index in [1.54, 1.807) is 37.3 Å². The molecule has 0 aliphatic rings. The number of hydrogen-bond acceptors (Lipinski definition) is 7. The molecule has 0 aliphatic carbocycles. The number of nitrogens with one attached hydrogen (secondary N) is 1. The van der Waals surface area contributed by atoms with Crippen molar-refractivity contribution in [1.29, 1.82) is 0 Å². The van der Waals surface area contributed by atoms with Gasteiger partial charge in [0.15, 0.2) is 15.6 Å². The summed E-state index contributed by atoms with van der Waals surface area (Å²) in [5.74, 6) is 0.504. The molecule has 0 atom stereocenters. The van der Waals surface area contributed by atoms with Crippen LogP contribution >= 0.6 is 0 Å². The monoisotopic (exact) mass is 404 g/mol. The summed E-state index contributed by atoms with van der Waals surface area (Å²) >= 11 is 0. The van der Waals surface area contributed by atoms with E-state index in [4.69, 9.17) is 13.7 Å². The molecule has 0 spiro atoms. The predicted molar refractivity (Wildman–Crippen MR) is 100 cm³/mol. The molecule has 2 aromatic heterocycles. The third-order valence-electron chi connectivity index (χ3n) is 4.05. The second-order valence-electron chi connectivity index (χ2n) is 6.12. The molecule has 1 N–H and O–H groups in total. The lowest BCUT2D eigenvalue weighted by molar-refractivity contribution is -0.120. The average Bonchev–Trinajstić information content (AvgIpc) is 3.36.